The van der Waals surface area contributed by atoms with Crippen molar-refractivity contribution in [2.45, 2.75) is 0 Å². The monoisotopic (exact) mass is 282 g/mol. The molecule has 0 unspecified atom stereocenters. The van der Waals surface area contributed by atoms with Crippen molar-refractivity contribution in [2.24, 2.45) is 0 Å². The molecule has 0 atom stereocenters. The van der Waals surface area contributed by atoms with Crippen molar-refractivity contribution in [1.29, 1.82) is 0 Å². The minimum atomic E-state index is -0.0934. The fourth-order valence-corrected chi connectivity index (χ4v) is 2.52. The number of benzene rings is 1. The number of hydrogen-bond donors (Lipinski definition) is 0. The quantitative estimate of drug-likeness (QED) is 0.803. The first-order valence-electron chi connectivity index (χ1n) is 5.17. The summed E-state index contributed by atoms with van der Waals surface area (Å²) in [6.07, 6.45) is 0. The predicted molar refractivity (Wildman–Crippen MR) is 72.3 cm³/mol. The van der Waals surface area contributed by atoms with Gasteiger partial charge in [0.15, 0.2) is 0 Å². The smallest absolute Gasteiger partial charge is 0.203 e. The molecule has 0 spiro atoms. The molecule has 0 saturated heterocycles. The van der Waals surface area contributed by atoms with E-state index in [0.29, 0.717) is 26.3 Å². The summed E-state index contributed by atoms with van der Waals surface area (Å²) >= 11 is 7.08. The van der Waals surface area contributed by atoms with E-state index in [-0.39, 0.29) is 5.78 Å². The summed E-state index contributed by atoms with van der Waals surface area (Å²) in [6.45, 7) is 0. The molecule has 0 N–H and O–H groups in total. The highest BCUT2D eigenvalue weighted by Crippen LogP contribution is 2.28. The normalized spacial score (nSPS) is 10.2. The zero-order chi connectivity index (χ0) is 13.1. The largest absolute Gasteiger partial charge is 0.497 e. The van der Waals surface area contributed by atoms with Crippen molar-refractivity contribution in [1.82, 2.24) is 0 Å². The van der Waals surface area contributed by atoms with Crippen LogP contribution < -0.4 is 9.47 Å². The Morgan fingerprint density at radius 2 is 1.72 bits per heavy atom. The van der Waals surface area contributed by atoms with Crippen molar-refractivity contribution in [3.63, 3.8) is 0 Å². The molecule has 3 nitrogen and oxygen atoms in total. The van der Waals surface area contributed by atoms with Crippen LogP contribution in [0.3, 0.4) is 0 Å². The van der Waals surface area contributed by atoms with E-state index in [1.807, 2.05) is 0 Å². The van der Waals surface area contributed by atoms with E-state index >= 15 is 0 Å². The third kappa shape index (κ3) is 2.66. The summed E-state index contributed by atoms with van der Waals surface area (Å²) < 4.78 is 10.9. The highest BCUT2D eigenvalue weighted by atomic mass is 35.5. The summed E-state index contributed by atoms with van der Waals surface area (Å²) in [4.78, 5) is 12.8. The molecule has 0 aliphatic heterocycles. The number of carbonyl (C=O) groups is 1. The summed E-state index contributed by atoms with van der Waals surface area (Å²) in [5.41, 5.74) is 0.518. The molecule has 0 saturated carbocycles. The summed E-state index contributed by atoms with van der Waals surface area (Å²) in [7, 11) is 3.09. The Morgan fingerprint density at radius 1 is 1.11 bits per heavy atom. The maximum atomic E-state index is 12.2. The van der Waals surface area contributed by atoms with E-state index in [0.717, 1.165) is 0 Å². The molecule has 0 aliphatic rings. The average Bonchev–Trinajstić information content (AvgIpc) is 2.83. The van der Waals surface area contributed by atoms with Gasteiger partial charge < -0.3 is 9.47 Å². The van der Waals surface area contributed by atoms with Gasteiger partial charge in [-0.2, -0.15) is 0 Å². The molecule has 94 valence electrons. The van der Waals surface area contributed by atoms with Gasteiger partial charge in [-0.25, -0.2) is 0 Å². The van der Waals surface area contributed by atoms with Crippen LogP contribution in [0.15, 0.2) is 30.3 Å². The second kappa shape index (κ2) is 5.42. The topological polar surface area (TPSA) is 35.5 Å². The summed E-state index contributed by atoms with van der Waals surface area (Å²) in [5, 5.41) is 0. The Balaban J connectivity index is 2.40. The van der Waals surface area contributed by atoms with E-state index < -0.39 is 0 Å². The van der Waals surface area contributed by atoms with Gasteiger partial charge in [0, 0.05) is 11.6 Å². The van der Waals surface area contributed by atoms with Crippen LogP contribution in [-0.2, 0) is 0 Å². The van der Waals surface area contributed by atoms with Gasteiger partial charge in [-0.3, -0.25) is 4.79 Å². The van der Waals surface area contributed by atoms with Crippen molar-refractivity contribution < 1.29 is 14.3 Å². The molecule has 1 aromatic carbocycles. The van der Waals surface area contributed by atoms with Gasteiger partial charge in [-0.05, 0) is 24.3 Å². The van der Waals surface area contributed by atoms with Crippen molar-refractivity contribution in [2.75, 3.05) is 14.2 Å². The molecule has 18 heavy (non-hydrogen) atoms. The van der Waals surface area contributed by atoms with Crippen LogP contribution in [0.1, 0.15) is 15.2 Å². The minimum Gasteiger partial charge on any atom is -0.497 e. The van der Waals surface area contributed by atoms with Gasteiger partial charge in [0.05, 0.1) is 23.4 Å². The van der Waals surface area contributed by atoms with Crippen molar-refractivity contribution >= 4 is 28.7 Å². The van der Waals surface area contributed by atoms with Gasteiger partial charge in [0.25, 0.3) is 0 Å². The zero-order valence-electron chi connectivity index (χ0n) is 9.90. The van der Waals surface area contributed by atoms with Crippen LogP contribution in [0.25, 0.3) is 0 Å². The zero-order valence-corrected chi connectivity index (χ0v) is 11.5. The van der Waals surface area contributed by atoms with Gasteiger partial charge in [-0.15, -0.1) is 11.3 Å². The maximum absolute atomic E-state index is 12.2. The molecule has 5 heteroatoms. The molecule has 0 aliphatic carbocycles. The molecule has 0 amide bonds. The Morgan fingerprint density at radius 3 is 2.17 bits per heavy atom. The lowest BCUT2D eigenvalue weighted by Crippen LogP contribution is -2.00. The fraction of sp³-hybridized carbons (Fsp3) is 0.154. The van der Waals surface area contributed by atoms with Crippen LogP contribution in [0.5, 0.6) is 11.5 Å². The van der Waals surface area contributed by atoms with Crippen LogP contribution in [0.2, 0.25) is 4.34 Å². The molecule has 0 fully saturated rings. The van der Waals surface area contributed by atoms with E-state index in [2.05, 4.69) is 0 Å². The lowest BCUT2D eigenvalue weighted by molar-refractivity contribution is 0.104. The van der Waals surface area contributed by atoms with Gasteiger partial charge in [-0.1, -0.05) is 11.6 Å². The standard InChI is InChI=1S/C13H11ClO3S/c1-16-9-5-8(6-10(7-9)17-2)13(15)11-3-4-12(14)18-11/h3-7H,1-2H3. The highest BCUT2D eigenvalue weighted by Gasteiger charge is 2.14. The molecular formula is C13H11ClO3S. The van der Waals surface area contributed by atoms with Crippen molar-refractivity contribution in [3.05, 3.63) is 45.1 Å². The number of ketones is 1. The molecule has 1 aromatic heterocycles. The molecule has 2 rings (SSSR count). The number of methoxy groups -OCH3 is 2. The SMILES string of the molecule is COc1cc(OC)cc(C(=O)c2ccc(Cl)s2)c1. The van der Waals surface area contributed by atoms with Crippen LogP contribution in [0.4, 0.5) is 0 Å². The summed E-state index contributed by atoms with van der Waals surface area (Å²) in [5.74, 6) is 1.07. The first-order valence-corrected chi connectivity index (χ1v) is 6.36. The highest BCUT2D eigenvalue weighted by molar-refractivity contribution is 7.18. The van der Waals surface area contributed by atoms with Crippen LogP contribution in [0, 0.1) is 0 Å². The number of carbonyl (C=O) groups excluding carboxylic acids is 1. The number of hydrogen-bond acceptors (Lipinski definition) is 4. The fourth-order valence-electron chi connectivity index (χ4n) is 1.52. The second-order valence-electron chi connectivity index (χ2n) is 3.53. The molecule has 1 heterocycles. The molecule has 0 bridgehead atoms. The first kappa shape index (κ1) is 12.9. The van der Waals surface area contributed by atoms with E-state index in [4.69, 9.17) is 21.1 Å². The third-order valence-corrected chi connectivity index (χ3v) is 3.64. The lowest BCUT2D eigenvalue weighted by atomic mass is 10.1. The van der Waals surface area contributed by atoms with Gasteiger partial charge in [0.2, 0.25) is 5.78 Å². The minimum absolute atomic E-state index is 0.0934. The molecule has 0 radical (unpaired) electrons. The van der Waals surface area contributed by atoms with E-state index in [1.165, 1.54) is 11.3 Å². The average molecular weight is 283 g/mol. The van der Waals surface area contributed by atoms with Crippen LogP contribution >= 0.6 is 22.9 Å². The number of thiophene rings is 1. The van der Waals surface area contributed by atoms with E-state index in [1.54, 1.807) is 44.6 Å². The van der Waals surface area contributed by atoms with Gasteiger partial charge >= 0.3 is 0 Å². The lowest BCUT2D eigenvalue weighted by Gasteiger charge is -2.07. The second-order valence-corrected chi connectivity index (χ2v) is 5.25. The van der Waals surface area contributed by atoms with Crippen LogP contribution in [-0.4, -0.2) is 20.0 Å². The Labute approximate surface area is 114 Å². The van der Waals surface area contributed by atoms with Gasteiger partial charge in [0.1, 0.15) is 11.5 Å². The number of ether oxygens (including phenoxy) is 2. The Hall–Kier alpha value is -1.52. The van der Waals surface area contributed by atoms with Crippen molar-refractivity contribution in [3.8, 4) is 11.5 Å². The number of halogens is 1. The number of rotatable bonds is 4. The first-order chi connectivity index (χ1) is 8.63. The molecule has 2 aromatic rings. The predicted octanol–water partition coefficient (Wildman–Crippen LogP) is 3.65. The third-order valence-electron chi connectivity index (χ3n) is 2.41. The Bertz CT molecular complexity index is 555. The maximum Gasteiger partial charge on any atom is 0.203 e. The Kier molecular flexibility index (Phi) is 3.89. The van der Waals surface area contributed by atoms with E-state index in [9.17, 15) is 4.79 Å². The summed E-state index contributed by atoms with van der Waals surface area (Å²) in [6, 6.07) is 8.49. The molecular weight excluding hydrogens is 272 g/mol.